The lowest BCUT2D eigenvalue weighted by Crippen LogP contribution is -2.50. The second-order valence-electron chi connectivity index (χ2n) is 5.35. The molecule has 0 radical (unpaired) electrons. The maximum Gasteiger partial charge on any atom is 0.409 e. The molecule has 6 nitrogen and oxygen atoms in total. The van der Waals surface area contributed by atoms with Crippen molar-refractivity contribution in [3.05, 3.63) is 0 Å². The Balaban J connectivity index is 0.00000220. The Hall–Kier alpha value is -0.730. The van der Waals surface area contributed by atoms with Gasteiger partial charge in [0.25, 0.3) is 0 Å². The van der Waals surface area contributed by atoms with Gasteiger partial charge in [0, 0.05) is 31.7 Å². The van der Waals surface area contributed by atoms with Crippen LogP contribution in [0.2, 0.25) is 0 Å². The minimum atomic E-state index is -0.190. The number of likely N-dealkylation sites (tertiary alicyclic amines) is 1. The Bertz CT molecular complexity index is 353. The lowest BCUT2D eigenvalue weighted by atomic mass is 10.1. The normalized spacial score (nSPS) is 19.7. The van der Waals surface area contributed by atoms with Gasteiger partial charge in [-0.05, 0) is 39.5 Å². The van der Waals surface area contributed by atoms with Gasteiger partial charge in [-0.2, -0.15) is 0 Å². The van der Waals surface area contributed by atoms with Crippen LogP contribution < -0.4 is 10.6 Å². The quantitative estimate of drug-likeness (QED) is 0.423. The summed E-state index contributed by atoms with van der Waals surface area (Å²) in [6.07, 6.45) is 4.17. The highest BCUT2D eigenvalue weighted by Gasteiger charge is 2.26. The monoisotopic (exact) mass is 410 g/mol. The third-order valence-corrected chi connectivity index (χ3v) is 3.60. The summed E-state index contributed by atoms with van der Waals surface area (Å²) in [4.78, 5) is 17.9. The number of carbonyl (C=O) groups is 1. The molecule has 1 aliphatic heterocycles. The van der Waals surface area contributed by atoms with Crippen molar-refractivity contribution in [2.75, 3.05) is 26.2 Å². The molecule has 2 fully saturated rings. The molecule has 1 saturated heterocycles. The summed E-state index contributed by atoms with van der Waals surface area (Å²) < 4.78 is 5.03. The van der Waals surface area contributed by atoms with Gasteiger partial charge in [-0.15, -0.1) is 24.0 Å². The van der Waals surface area contributed by atoms with Crippen molar-refractivity contribution >= 4 is 36.0 Å². The number of ether oxygens (including phenoxy) is 1. The molecule has 2 N–H and O–H groups in total. The summed E-state index contributed by atoms with van der Waals surface area (Å²) in [6, 6.07) is 0.990. The molecule has 0 aromatic carbocycles. The molecule has 0 aromatic heterocycles. The van der Waals surface area contributed by atoms with Crippen LogP contribution in [0.4, 0.5) is 4.79 Å². The van der Waals surface area contributed by atoms with E-state index in [9.17, 15) is 4.79 Å². The molecule has 1 heterocycles. The number of guanidine groups is 1. The van der Waals surface area contributed by atoms with Gasteiger partial charge in [-0.1, -0.05) is 0 Å². The number of nitrogens with one attached hydrogen (secondary N) is 2. The first kappa shape index (κ1) is 18.3. The molecular weight excluding hydrogens is 383 g/mol. The zero-order valence-corrected chi connectivity index (χ0v) is 15.3. The number of carbonyl (C=O) groups excluding carboxylic acids is 1. The van der Waals surface area contributed by atoms with Crippen molar-refractivity contribution in [2.45, 2.75) is 51.6 Å². The smallest absolute Gasteiger partial charge is 0.409 e. The third kappa shape index (κ3) is 6.27. The van der Waals surface area contributed by atoms with E-state index in [-0.39, 0.29) is 30.1 Å². The Kier molecular flexibility index (Phi) is 8.13. The average molecular weight is 410 g/mol. The van der Waals surface area contributed by atoms with Crippen LogP contribution in [-0.2, 0) is 4.74 Å². The summed E-state index contributed by atoms with van der Waals surface area (Å²) in [7, 11) is 0. The second kappa shape index (κ2) is 9.32. The highest BCUT2D eigenvalue weighted by Crippen LogP contribution is 2.18. The lowest BCUT2D eigenvalue weighted by molar-refractivity contribution is 0.0963. The van der Waals surface area contributed by atoms with Crippen molar-refractivity contribution in [3.63, 3.8) is 0 Å². The van der Waals surface area contributed by atoms with Crippen LogP contribution in [-0.4, -0.2) is 55.3 Å². The van der Waals surface area contributed by atoms with Crippen molar-refractivity contribution in [2.24, 2.45) is 4.99 Å². The van der Waals surface area contributed by atoms with Crippen molar-refractivity contribution < 1.29 is 9.53 Å². The van der Waals surface area contributed by atoms with Gasteiger partial charge >= 0.3 is 6.09 Å². The van der Waals surface area contributed by atoms with Gasteiger partial charge in [0.15, 0.2) is 5.96 Å². The molecule has 1 saturated carbocycles. The molecule has 21 heavy (non-hydrogen) atoms. The Morgan fingerprint density at radius 2 is 1.71 bits per heavy atom. The van der Waals surface area contributed by atoms with Gasteiger partial charge in [-0.25, -0.2) is 4.79 Å². The van der Waals surface area contributed by atoms with Crippen LogP contribution in [0.3, 0.4) is 0 Å². The minimum absolute atomic E-state index is 0. The number of hydrogen-bond acceptors (Lipinski definition) is 3. The first-order valence-corrected chi connectivity index (χ1v) is 7.72. The highest BCUT2D eigenvalue weighted by molar-refractivity contribution is 14.0. The molecule has 0 atom stereocenters. The molecule has 122 valence electrons. The summed E-state index contributed by atoms with van der Waals surface area (Å²) in [6.45, 7) is 6.60. The van der Waals surface area contributed by atoms with E-state index < -0.39 is 0 Å². The first-order chi connectivity index (χ1) is 9.72. The molecule has 0 spiro atoms. The van der Waals surface area contributed by atoms with E-state index in [0.29, 0.717) is 18.7 Å². The molecule has 2 aliphatic rings. The minimum Gasteiger partial charge on any atom is -0.450 e. The van der Waals surface area contributed by atoms with E-state index in [2.05, 4.69) is 15.6 Å². The van der Waals surface area contributed by atoms with E-state index in [1.54, 1.807) is 4.90 Å². The lowest BCUT2D eigenvalue weighted by Gasteiger charge is -2.32. The summed E-state index contributed by atoms with van der Waals surface area (Å²) in [5.74, 6) is 0.921. The molecule has 0 bridgehead atoms. The predicted molar refractivity (Wildman–Crippen MR) is 94.3 cm³/mol. The first-order valence-electron chi connectivity index (χ1n) is 7.72. The van der Waals surface area contributed by atoms with Crippen LogP contribution in [0.5, 0.6) is 0 Å². The Morgan fingerprint density at radius 1 is 1.14 bits per heavy atom. The number of hydrogen-bond donors (Lipinski definition) is 2. The number of piperidine rings is 1. The summed E-state index contributed by atoms with van der Waals surface area (Å²) in [5, 5.41) is 6.91. The van der Waals surface area contributed by atoms with Gasteiger partial charge in [0.05, 0.1) is 6.61 Å². The van der Waals surface area contributed by atoms with E-state index in [1.807, 2.05) is 13.8 Å². The largest absolute Gasteiger partial charge is 0.450 e. The number of aliphatic imine (C=N–C) groups is 1. The predicted octanol–water partition coefficient (Wildman–Crippen LogP) is 1.94. The average Bonchev–Trinajstić information content (AvgIpc) is 3.24. The zero-order chi connectivity index (χ0) is 14.4. The fraction of sp³-hybridized carbons (Fsp3) is 0.857. The second-order valence-corrected chi connectivity index (χ2v) is 5.35. The van der Waals surface area contributed by atoms with Crippen molar-refractivity contribution in [3.8, 4) is 0 Å². The van der Waals surface area contributed by atoms with Crippen LogP contribution in [0.1, 0.15) is 39.5 Å². The van der Waals surface area contributed by atoms with E-state index in [1.165, 1.54) is 12.8 Å². The number of amides is 1. The number of nitrogens with zero attached hydrogens (tertiary/aromatic N) is 2. The summed E-state index contributed by atoms with van der Waals surface area (Å²) >= 11 is 0. The molecule has 7 heteroatoms. The van der Waals surface area contributed by atoms with E-state index in [4.69, 9.17) is 4.74 Å². The van der Waals surface area contributed by atoms with Crippen LogP contribution >= 0.6 is 24.0 Å². The van der Waals surface area contributed by atoms with Crippen molar-refractivity contribution in [1.29, 1.82) is 0 Å². The molecular formula is C14H27IN4O2. The fourth-order valence-corrected chi connectivity index (χ4v) is 2.33. The molecule has 0 aromatic rings. The Labute approximate surface area is 144 Å². The topological polar surface area (TPSA) is 66.0 Å². The fourth-order valence-electron chi connectivity index (χ4n) is 2.33. The van der Waals surface area contributed by atoms with Gasteiger partial charge in [-0.3, -0.25) is 4.99 Å². The van der Waals surface area contributed by atoms with Gasteiger partial charge < -0.3 is 20.3 Å². The maximum atomic E-state index is 11.6. The Morgan fingerprint density at radius 3 is 2.19 bits per heavy atom. The van der Waals surface area contributed by atoms with Crippen LogP contribution in [0.15, 0.2) is 4.99 Å². The third-order valence-electron chi connectivity index (χ3n) is 3.60. The van der Waals surface area contributed by atoms with E-state index >= 15 is 0 Å². The molecule has 2 rings (SSSR count). The van der Waals surface area contributed by atoms with Crippen LogP contribution in [0.25, 0.3) is 0 Å². The molecule has 1 aliphatic carbocycles. The van der Waals surface area contributed by atoms with E-state index in [0.717, 1.165) is 38.4 Å². The zero-order valence-electron chi connectivity index (χ0n) is 12.9. The van der Waals surface area contributed by atoms with Crippen LogP contribution in [0, 0.1) is 0 Å². The van der Waals surface area contributed by atoms with Crippen molar-refractivity contribution in [1.82, 2.24) is 15.5 Å². The highest BCUT2D eigenvalue weighted by atomic mass is 127. The molecule has 0 unspecified atom stereocenters. The number of rotatable bonds is 4. The SMILES string of the molecule is CCN=C(NC1CC1)NC1CCN(C(=O)OCC)CC1.I. The van der Waals surface area contributed by atoms with Gasteiger partial charge in [0.1, 0.15) is 0 Å². The standard InChI is InChI=1S/C14H26N4O2.HI/c1-3-15-13(16-11-5-6-11)17-12-7-9-18(10-8-12)14(19)20-4-2;/h11-12H,3-10H2,1-2H3,(H2,15,16,17);1H. The summed E-state index contributed by atoms with van der Waals surface area (Å²) in [5.41, 5.74) is 0. The van der Waals surface area contributed by atoms with Gasteiger partial charge in [0.2, 0.25) is 0 Å². The number of halogens is 1. The maximum absolute atomic E-state index is 11.6. The molecule has 1 amide bonds.